The van der Waals surface area contributed by atoms with Gasteiger partial charge in [0.15, 0.2) is 0 Å². The summed E-state index contributed by atoms with van der Waals surface area (Å²) in [7, 11) is 0. The van der Waals surface area contributed by atoms with Gasteiger partial charge in [-0.1, -0.05) is 0 Å². The first-order valence-corrected chi connectivity index (χ1v) is 7.77. The summed E-state index contributed by atoms with van der Waals surface area (Å²) in [6.45, 7) is 4.56. The minimum absolute atomic E-state index is 0.350. The van der Waals surface area contributed by atoms with E-state index in [0.717, 1.165) is 31.7 Å². The van der Waals surface area contributed by atoms with E-state index in [4.69, 9.17) is 0 Å². The zero-order valence-corrected chi connectivity index (χ0v) is 11.4. The number of benzene rings is 1. The molecule has 0 saturated carbocycles. The van der Waals surface area contributed by atoms with Crippen LogP contribution in [0.5, 0.6) is 5.75 Å². The first kappa shape index (κ1) is 11.6. The van der Waals surface area contributed by atoms with Crippen LogP contribution in [0.2, 0.25) is 10.1 Å². The molecule has 1 heterocycles. The van der Waals surface area contributed by atoms with Gasteiger partial charge in [0, 0.05) is 0 Å². The molecule has 0 saturated heterocycles. The van der Waals surface area contributed by atoms with Crippen molar-refractivity contribution in [3.8, 4) is 5.75 Å². The van der Waals surface area contributed by atoms with Crippen molar-refractivity contribution in [2.45, 2.75) is 30.4 Å². The van der Waals surface area contributed by atoms with E-state index in [1.807, 2.05) is 12.1 Å². The van der Waals surface area contributed by atoms with Crippen LogP contribution in [-0.2, 0) is 6.42 Å². The van der Waals surface area contributed by atoms with Crippen LogP contribution in [-0.4, -0.2) is 25.0 Å². The Hall–Kier alpha value is -0.921. The second-order valence-electron chi connectivity index (χ2n) is 4.21. The van der Waals surface area contributed by atoms with Crippen molar-refractivity contribution < 1.29 is 5.11 Å². The molecule has 2 rings (SSSR count). The Morgan fingerprint density at radius 1 is 1.38 bits per heavy atom. The summed E-state index contributed by atoms with van der Waals surface area (Å²) in [4.78, 5) is 4.07. The molecule has 0 unspecified atom stereocenters. The first-order valence-electron chi connectivity index (χ1n) is 5.57. The Kier molecular flexibility index (Phi) is 3.57. The zero-order valence-electron chi connectivity index (χ0n) is 9.66. The number of H-pyrrole nitrogens is 1. The zero-order chi connectivity index (χ0) is 11.5. The number of aryl methyl sites for hydroxylation is 1. The topological polar surface area (TPSA) is 36.0 Å². The molecule has 2 N–H and O–H groups in total. The number of fused-ring (bicyclic) bond motifs is 1. The van der Waals surface area contributed by atoms with E-state index < -0.39 is 0 Å². The van der Waals surface area contributed by atoms with Gasteiger partial charge in [0.05, 0.1) is 0 Å². The second-order valence-corrected chi connectivity index (χ2v) is 7.75. The normalized spacial score (nSPS) is 11.4. The van der Waals surface area contributed by atoms with E-state index in [0.29, 0.717) is 5.75 Å². The van der Waals surface area contributed by atoms with Gasteiger partial charge in [-0.2, -0.15) is 0 Å². The number of aromatic amines is 1. The van der Waals surface area contributed by atoms with E-state index in [9.17, 15) is 5.11 Å². The van der Waals surface area contributed by atoms with Crippen molar-refractivity contribution in [2.24, 2.45) is 0 Å². The van der Waals surface area contributed by atoms with Crippen LogP contribution in [0.3, 0.4) is 0 Å². The Balaban J connectivity index is 2.15. The third-order valence-corrected chi connectivity index (χ3v) is 4.90. The predicted octanol–water partition coefficient (Wildman–Crippen LogP) is 3.37. The van der Waals surface area contributed by atoms with E-state index in [1.165, 1.54) is 16.3 Å². The molecular formula is C13H17NOSe. The van der Waals surface area contributed by atoms with E-state index >= 15 is 0 Å². The summed E-state index contributed by atoms with van der Waals surface area (Å²) >= 11 is 0.723. The van der Waals surface area contributed by atoms with Crippen molar-refractivity contribution in [1.29, 1.82) is 0 Å². The third-order valence-electron chi connectivity index (χ3n) is 2.57. The molecule has 0 aliphatic rings. The Morgan fingerprint density at radius 3 is 2.94 bits per heavy atom. The fourth-order valence-electron chi connectivity index (χ4n) is 1.78. The molecule has 1 aromatic carbocycles. The van der Waals surface area contributed by atoms with Gasteiger partial charge >= 0.3 is 102 Å². The van der Waals surface area contributed by atoms with E-state index in [-0.39, 0.29) is 0 Å². The number of aromatic nitrogens is 1. The molecule has 2 nitrogen and oxygen atoms in total. The summed E-state index contributed by atoms with van der Waals surface area (Å²) < 4.78 is 0. The monoisotopic (exact) mass is 283 g/mol. The quantitative estimate of drug-likeness (QED) is 0.829. The SMILES string of the molecule is CC(C)[Se]CCc1c[nH]c2ccc(O)cc12. The number of hydrogen-bond acceptors (Lipinski definition) is 1. The number of rotatable bonds is 4. The third kappa shape index (κ3) is 2.60. The maximum absolute atomic E-state index is 9.48. The van der Waals surface area contributed by atoms with E-state index in [2.05, 4.69) is 25.0 Å². The molecule has 0 aliphatic heterocycles. The van der Waals surface area contributed by atoms with Crippen LogP contribution in [0.25, 0.3) is 10.9 Å². The molecule has 1 aromatic heterocycles. The summed E-state index contributed by atoms with van der Waals surface area (Å²) in [6.07, 6.45) is 3.18. The number of aromatic hydroxyl groups is 1. The molecule has 0 radical (unpaired) electrons. The molecule has 2 aromatic rings. The molecular weight excluding hydrogens is 265 g/mol. The molecule has 0 bridgehead atoms. The van der Waals surface area contributed by atoms with Crippen LogP contribution in [0, 0.1) is 0 Å². The predicted molar refractivity (Wildman–Crippen MR) is 69.3 cm³/mol. The van der Waals surface area contributed by atoms with Crippen molar-refractivity contribution in [3.63, 3.8) is 0 Å². The molecule has 86 valence electrons. The summed E-state index contributed by atoms with van der Waals surface area (Å²) in [6, 6.07) is 5.51. The van der Waals surface area contributed by atoms with Gasteiger partial charge in [0.2, 0.25) is 0 Å². The molecule has 0 fully saturated rings. The minimum atomic E-state index is 0.350. The van der Waals surface area contributed by atoms with Crippen LogP contribution >= 0.6 is 0 Å². The average Bonchev–Trinajstić information content (AvgIpc) is 2.60. The van der Waals surface area contributed by atoms with Crippen molar-refractivity contribution >= 4 is 25.9 Å². The van der Waals surface area contributed by atoms with Gasteiger partial charge in [-0.25, -0.2) is 0 Å². The number of hydrogen-bond donors (Lipinski definition) is 2. The molecule has 16 heavy (non-hydrogen) atoms. The average molecular weight is 282 g/mol. The van der Waals surface area contributed by atoms with Gasteiger partial charge in [-0.05, 0) is 0 Å². The molecule has 0 atom stereocenters. The fraction of sp³-hybridized carbons (Fsp3) is 0.385. The van der Waals surface area contributed by atoms with Gasteiger partial charge in [-0.15, -0.1) is 0 Å². The Labute approximate surface area is 102 Å². The summed E-state index contributed by atoms with van der Waals surface area (Å²) in [5, 5.41) is 11.9. The first-order chi connectivity index (χ1) is 7.66. The van der Waals surface area contributed by atoms with Gasteiger partial charge in [-0.3, -0.25) is 0 Å². The number of nitrogens with one attached hydrogen (secondary N) is 1. The molecule has 0 spiro atoms. The number of phenolic OH excluding ortho intramolecular Hbond substituents is 1. The molecule has 0 amide bonds. The van der Waals surface area contributed by atoms with Gasteiger partial charge in [0.1, 0.15) is 0 Å². The van der Waals surface area contributed by atoms with Crippen LogP contribution in [0.15, 0.2) is 24.4 Å². The fourth-order valence-corrected chi connectivity index (χ4v) is 3.48. The summed E-state index contributed by atoms with van der Waals surface area (Å²) in [5.41, 5.74) is 2.44. The second kappa shape index (κ2) is 4.94. The molecule has 3 heteroatoms. The van der Waals surface area contributed by atoms with Gasteiger partial charge < -0.3 is 0 Å². The van der Waals surface area contributed by atoms with Gasteiger partial charge in [0.25, 0.3) is 0 Å². The van der Waals surface area contributed by atoms with Crippen molar-refractivity contribution in [2.75, 3.05) is 0 Å². The Bertz CT molecular complexity index is 476. The van der Waals surface area contributed by atoms with Crippen LogP contribution in [0.4, 0.5) is 0 Å². The van der Waals surface area contributed by atoms with Crippen LogP contribution < -0.4 is 0 Å². The van der Waals surface area contributed by atoms with Crippen LogP contribution in [0.1, 0.15) is 19.4 Å². The molecule has 0 aliphatic carbocycles. The maximum atomic E-state index is 9.48. The Morgan fingerprint density at radius 2 is 2.19 bits per heavy atom. The standard InChI is InChI=1S/C13H17NOSe/c1-9(2)16-6-5-10-8-14-13-4-3-11(15)7-12(10)13/h3-4,7-9,14-15H,5-6H2,1-2H3. The summed E-state index contributed by atoms with van der Waals surface area (Å²) in [5.74, 6) is 0.350. The van der Waals surface area contributed by atoms with Crippen molar-refractivity contribution in [3.05, 3.63) is 30.0 Å². The van der Waals surface area contributed by atoms with Crippen molar-refractivity contribution in [1.82, 2.24) is 4.98 Å². The number of phenols is 1. The van der Waals surface area contributed by atoms with E-state index in [1.54, 1.807) is 6.07 Å².